The van der Waals surface area contributed by atoms with E-state index in [0.717, 1.165) is 45.0 Å². The lowest BCUT2D eigenvalue weighted by Crippen LogP contribution is -1.97. The molecule has 0 spiro atoms. The maximum Gasteiger partial charge on any atom is 0.161 e. The zero-order chi connectivity index (χ0) is 35.6. The Hall–Kier alpha value is -6.46. The monoisotopic (exact) mass is 722 g/mol. The van der Waals surface area contributed by atoms with Gasteiger partial charge in [-0.2, -0.15) is 0 Å². The van der Waals surface area contributed by atoms with Crippen LogP contribution < -0.4 is 0 Å². The lowest BCUT2D eigenvalue weighted by atomic mass is 9.93. The highest BCUT2D eigenvalue weighted by molar-refractivity contribution is 7.26. The summed E-state index contributed by atoms with van der Waals surface area (Å²) in [6.45, 7) is 0. The molecule has 11 rings (SSSR count). The van der Waals surface area contributed by atoms with Gasteiger partial charge in [-0.15, -0.1) is 22.7 Å². The van der Waals surface area contributed by atoms with E-state index in [9.17, 15) is 0 Å². The van der Waals surface area contributed by atoms with Crippen LogP contribution in [0.4, 0.5) is 0 Å². The molecule has 0 amide bonds. The molecule has 0 atom stereocenters. The number of benzene rings is 8. The molecule has 252 valence electrons. The largest absolute Gasteiger partial charge is 0.228 e. The van der Waals surface area contributed by atoms with E-state index in [4.69, 9.17) is 9.97 Å². The van der Waals surface area contributed by atoms with Crippen LogP contribution in [0.5, 0.6) is 0 Å². The van der Waals surface area contributed by atoms with E-state index in [1.54, 1.807) is 0 Å². The Labute approximate surface area is 320 Å². The molecule has 3 aromatic heterocycles. The van der Waals surface area contributed by atoms with Crippen LogP contribution in [0.2, 0.25) is 0 Å². The van der Waals surface area contributed by atoms with Gasteiger partial charge < -0.3 is 0 Å². The Kier molecular flexibility index (Phi) is 7.25. The molecule has 0 saturated carbocycles. The Morgan fingerprint density at radius 1 is 0.315 bits per heavy atom. The summed E-state index contributed by atoms with van der Waals surface area (Å²) in [6, 6.07) is 65.7. The van der Waals surface area contributed by atoms with E-state index in [-0.39, 0.29) is 0 Å². The molecule has 0 unspecified atom stereocenters. The molecule has 0 aliphatic carbocycles. The van der Waals surface area contributed by atoms with Crippen molar-refractivity contribution in [3.63, 3.8) is 0 Å². The lowest BCUT2D eigenvalue weighted by Gasteiger charge is -2.14. The highest BCUT2D eigenvalue weighted by atomic mass is 32.1. The lowest BCUT2D eigenvalue weighted by molar-refractivity contribution is 1.19. The summed E-state index contributed by atoms with van der Waals surface area (Å²) in [5.74, 6) is 0.730. The zero-order valence-corrected chi connectivity index (χ0v) is 30.7. The van der Waals surface area contributed by atoms with Crippen molar-refractivity contribution in [2.45, 2.75) is 0 Å². The minimum atomic E-state index is 0.730. The third kappa shape index (κ3) is 5.30. The maximum atomic E-state index is 5.42. The van der Waals surface area contributed by atoms with Gasteiger partial charge in [0.05, 0.1) is 11.4 Å². The first-order chi connectivity index (χ1) is 26.7. The molecule has 0 bridgehead atoms. The summed E-state index contributed by atoms with van der Waals surface area (Å²) in [4.78, 5) is 10.7. The fourth-order valence-corrected chi connectivity index (χ4v) is 10.1. The first kappa shape index (κ1) is 31.1. The summed E-state index contributed by atoms with van der Waals surface area (Å²) >= 11 is 3.66. The summed E-state index contributed by atoms with van der Waals surface area (Å²) in [6.07, 6.45) is 0. The summed E-state index contributed by atoms with van der Waals surface area (Å²) in [7, 11) is 0. The molecule has 3 heterocycles. The second-order valence-corrected chi connectivity index (χ2v) is 15.9. The molecule has 8 aromatic carbocycles. The Morgan fingerprint density at radius 3 is 1.72 bits per heavy atom. The van der Waals surface area contributed by atoms with Gasteiger partial charge in [-0.3, -0.25) is 0 Å². The molecule has 0 aliphatic heterocycles. The van der Waals surface area contributed by atoms with Crippen molar-refractivity contribution >= 4 is 73.8 Å². The van der Waals surface area contributed by atoms with Crippen molar-refractivity contribution in [1.82, 2.24) is 9.97 Å². The van der Waals surface area contributed by atoms with E-state index in [0.29, 0.717) is 0 Å². The molecule has 54 heavy (non-hydrogen) atoms. The number of aromatic nitrogens is 2. The predicted molar refractivity (Wildman–Crippen MR) is 232 cm³/mol. The Balaban J connectivity index is 1.15. The quantitative estimate of drug-likeness (QED) is 0.177. The second-order valence-electron chi connectivity index (χ2n) is 13.8. The highest BCUT2D eigenvalue weighted by Crippen LogP contribution is 2.42. The van der Waals surface area contributed by atoms with Gasteiger partial charge >= 0.3 is 0 Å². The summed E-state index contributed by atoms with van der Waals surface area (Å²) in [5, 5.41) is 7.57. The number of thiophene rings is 2. The number of nitrogens with zero attached hydrogens (tertiary/aromatic N) is 2. The van der Waals surface area contributed by atoms with Crippen molar-refractivity contribution in [1.29, 1.82) is 0 Å². The third-order valence-corrected chi connectivity index (χ3v) is 12.8. The first-order valence-corrected chi connectivity index (χ1v) is 19.8. The average Bonchev–Trinajstić information content (AvgIpc) is 3.82. The van der Waals surface area contributed by atoms with Crippen LogP contribution in [-0.4, -0.2) is 9.97 Å². The highest BCUT2D eigenvalue weighted by Gasteiger charge is 2.17. The van der Waals surface area contributed by atoms with Gasteiger partial charge in [0.15, 0.2) is 5.82 Å². The number of fused-ring (bicyclic) bond motifs is 7. The van der Waals surface area contributed by atoms with Crippen LogP contribution in [0.3, 0.4) is 0 Å². The fraction of sp³-hybridized carbons (Fsp3) is 0. The molecular formula is C50H30N2S2. The van der Waals surface area contributed by atoms with Crippen molar-refractivity contribution in [3.05, 3.63) is 182 Å². The van der Waals surface area contributed by atoms with Gasteiger partial charge in [0.2, 0.25) is 0 Å². The van der Waals surface area contributed by atoms with Crippen LogP contribution in [0, 0.1) is 0 Å². The number of rotatable bonds is 5. The molecule has 0 saturated heterocycles. The van der Waals surface area contributed by atoms with E-state index in [1.807, 2.05) is 22.7 Å². The van der Waals surface area contributed by atoms with Gasteiger partial charge in [0.1, 0.15) is 0 Å². The zero-order valence-electron chi connectivity index (χ0n) is 29.0. The minimum Gasteiger partial charge on any atom is -0.228 e. The van der Waals surface area contributed by atoms with Gasteiger partial charge in [-0.05, 0) is 87.6 Å². The van der Waals surface area contributed by atoms with Crippen LogP contribution in [0.25, 0.3) is 107 Å². The first-order valence-electron chi connectivity index (χ1n) is 18.1. The third-order valence-electron chi connectivity index (χ3n) is 10.5. The predicted octanol–water partition coefficient (Wildman–Crippen LogP) is 14.7. The Morgan fingerprint density at radius 2 is 0.907 bits per heavy atom. The van der Waals surface area contributed by atoms with E-state index in [2.05, 4.69) is 182 Å². The molecule has 0 fully saturated rings. The summed E-state index contributed by atoms with van der Waals surface area (Å²) in [5.41, 5.74) is 9.62. The molecule has 0 N–H and O–H groups in total. The standard InChI is InChI=1S/C50H30N2S2/c1-2-12-32(13-3-1)44-30-45(52-50(51-44)43-18-10-17-42-40-16-7-9-20-47(40)54-49(42)43)38-27-36(34-22-21-31-11-4-5-14-33(31)25-34)26-37(28-38)35-23-24-41-39-15-6-8-19-46(39)53-48(41)29-35/h1-30H. The van der Waals surface area contributed by atoms with Gasteiger partial charge in [0.25, 0.3) is 0 Å². The van der Waals surface area contributed by atoms with Crippen molar-refractivity contribution in [2.75, 3.05) is 0 Å². The maximum absolute atomic E-state index is 5.42. The minimum absolute atomic E-state index is 0.730. The van der Waals surface area contributed by atoms with Crippen LogP contribution in [0.1, 0.15) is 0 Å². The van der Waals surface area contributed by atoms with E-state index >= 15 is 0 Å². The Bertz CT molecular complexity index is 3230. The molecule has 2 nitrogen and oxygen atoms in total. The number of hydrogen-bond acceptors (Lipinski definition) is 4. The fourth-order valence-electron chi connectivity index (χ4n) is 7.78. The normalized spacial score (nSPS) is 11.7. The molecule has 4 heteroatoms. The number of hydrogen-bond donors (Lipinski definition) is 0. The second kappa shape index (κ2) is 12.6. The molecule has 11 aromatic rings. The summed E-state index contributed by atoms with van der Waals surface area (Å²) < 4.78 is 5.07. The van der Waals surface area contributed by atoms with Crippen LogP contribution >= 0.6 is 22.7 Å². The topological polar surface area (TPSA) is 25.8 Å². The smallest absolute Gasteiger partial charge is 0.161 e. The van der Waals surface area contributed by atoms with E-state index in [1.165, 1.54) is 62.2 Å². The van der Waals surface area contributed by atoms with Gasteiger partial charge in [0, 0.05) is 57.0 Å². The van der Waals surface area contributed by atoms with Crippen molar-refractivity contribution in [3.8, 4) is 56.2 Å². The average molecular weight is 723 g/mol. The van der Waals surface area contributed by atoms with Crippen molar-refractivity contribution < 1.29 is 0 Å². The van der Waals surface area contributed by atoms with Gasteiger partial charge in [-0.25, -0.2) is 9.97 Å². The van der Waals surface area contributed by atoms with Crippen LogP contribution in [-0.2, 0) is 0 Å². The molecular weight excluding hydrogens is 693 g/mol. The van der Waals surface area contributed by atoms with Crippen LogP contribution in [0.15, 0.2) is 182 Å². The van der Waals surface area contributed by atoms with E-state index < -0.39 is 0 Å². The SMILES string of the molecule is c1ccc(-c2cc(-c3cc(-c4ccc5ccccc5c4)cc(-c4ccc5c(c4)sc4ccccc45)c3)nc(-c3cccc4c3sc3ccccc34)n2)cc1. The van der Waals surface area contributed by atoms with Gasteiger partial charge in [-0.1, -0.05) is 127 Å². The molecule has 0 aliphatic rings. The molecule has 0 radical (unpaired) electrons. The van der Waals surface area contributed by atoms with Crippen molar-refractivity contribution in [2.24, 2.45) is 0 Å².